The molecule has 0 aliphatic rings. The molecule has 2 aromatic carbocycles. The van der Waals surface area contributed by atoms with Gasteiger partial charge in [-0.05, 0) is 36.8 Å². The molecule has 0 spiro atoms. The van der Waals surface area contributed by atoms with Crippen LogP contribution in [0, 0.1) is 12.7 Å². The second kappa shape index (κ2) is 4.98. The number of hydrogen-bond acceptors (Lipinski definition) is 3. The zero-order chi connectivity index (χ0) is 15.0. The minimum absolute atomic E-state index is 0.100. The van der Waals surface area contributed by atoms with Crippen LogP contribution in [-0.4, -0.2) is 5.78 Å². The highest BCUT2D eigenvalue weighted by molar-refractivity contribution is 6.09. The Morgan fingerprint density at radius 2 is 1.95 bits per heavy atom. The summed E-state index contributed by atoms with van der Waals surface area (Å²) in [6.07, 6.45) is 1.14. The third-order valence-corrected chi connectivity index (χ3v) is 3.26. The molecule has 3 aromatic rings. The molecule has 1 aromatic heterocycles. The Balaban J connectivity index is 2.17. The van der Waals surface area contributed by atoms with Gasteiger partial charge in [0.2, 0.25) is 5.43 Å². The normalized spacial score (nSPS) is 10.8. The highest BCUT2D eigenvalue weighted by Crippen LogP contribution is 2.15. The number of carbonyl (C=O) groups is 1. The Kier molecular flexibility index (Phi) is 3.14. The zero-order valence-electron chi connectivity index (χ0n) is 11.2. The van der Waals surface area contributed by atoms with E-state index in [-0.39, 0.29) is 11.1 Å². The minimum atomic E-state index is -0.550. The van der Waals surface area contributed by atoms with Crippen molar-refractivity contribution >= 4 is 16.8 Å². The summed E-state index contributed by atoms with van der Waals surface area (Å²) in [6, 6.07) is 10.4. The van der Waals surface area contributed by atoms with Crippen molar-refractivity contribution in [3.8, 4) is 0 Å². The Morgan fingerprint density at radius 1 is 1.14 bits per heavy atom. The van der Waals surface area contributed by atoms with Gasteiger partial charge in [-0.1, -0.05) is 18.2 Å². The fourth-order valence-electron chi connectivity index (χ4n) is 2.18. The van der Waals surface area contributed by atoms with Gasteiger partial charge in [0.05, 0.1) is 5.39 Å². The first-order chi connectivity index (χ1) is 10.1. The average Bonchev–Trinajstić information content (AvgIpc) is 2.47. The van der Waals surface area contributed by atoms with Crippen LogP contribution in [0.2, 0.25) is 0 Å². The van der Waals surface area contributed by atoms with E-state index in [9.17, 15) is 14.0 Å². The van der Waals surface area contributed by atoms with Crippen molar-refractivity contribution in [3.63, 3.8) is 0 Å². The second-order valence-electron chi connectivity index (χ2n) is 4.82. The summed E-state index contributed by atoms with van der Waals surface area (Å²) in [6.45, 7) is 1.88. The summed E-state index contributed by atoms with van der Waals surface area (Å²) in [7, 11) is 0. The molecule has 4 heteroatoms. The van der Waals surface area contributed by atoms with Gasteiger partial charge in [-0.15, -0.1) is 0 Å². The number of carbonyl (C=O) groups excluding carboxylic acids is 1. The van der Waals surface area contributed by atoms with Crippen molar-refractivity contribution in [1.82, 2.24) is 0 Å². The smallest absolute Gasteiger partial charge is 0.203 e. The number of halogens is 1. The lowest BCUT2D eigenvalue weighted by molar-refractivity contribution is 0.103. The Labute approximate surface area is 119 Å². The lowest BCUT2D eigenvalue weighted by Crippen LogP contribution is -2.15. The minimum Gasteiger partial charge on any atom is -0.463 e. The summed E-state index contributed by atoms with van der Waals surface area (Å²) in [5.41, 5.74) is 0.988. The van der Waals surface area contributed by atoms with Crippen LogP contribution in [0.3, 0.4) is 0 Å². The molecular formula is C17H11FO3. The first-order valence-corrected chi connectivity index (χ1v) is 6.39. The quantitative estimate of drug-likeness (QED) is 0.676. The van der Waals surface area contributed by atoms with Crippen molar-refractivity contribution in [1.29, 1.82) is 0 Å². The van der Waals surface area contributed by atoms with E-state index >= 15 is 0 Å². The van der Waals surface area contributed by atoms with E-state index in [0.717, 1.165) is 17.9 Å². The molecule has 0 saturated heterocycles. The SMILES string of the molecule is Cc1ccc2c(=O)c(C(=O)c3cccc(F)c3)coc2c1. The van der Waals surface area contributed by atoms with Crippen LogP contribution >= 0.6 is 0 Å². The molecule has 0 bridgehead atoms. The molecule has 1 heterocycles. The van der Waals surface area contributed by atoms with Crippen LogP contribution in [-0.2, 0) is 0 Å². The number of hydrogen-bond donors (Lipinski definition) is 0. The average molecular weight is 282 g/mol. The van der Waals surface area contributed by atoms with Crippen LogP contribution in [0.25, 0.3) is 11.0 Å². The van der Waals surface area contributed by atoms with Crippen molar-refractivity contribution < 1.29 is 13.6 Å². The lowest BCUT2D eigenvalue weighted by atomic mass is 10.0. The molecular weight excluding hydrogens is 271 g/mol. The standard InChI is InChI=1S/C17H11FO3/c1-10-5-6-13-15(7-10)21-9-14(17(13)20)16(19)11-3-2-4-12(18)8-11/h2-9H,1H3. The third kappa shape index (κ3) is 2.36. The molecule has 21 heavy (non-hydrogen) atoms. The lowest BCUT2D eigenvalue weighted by Gasteiger charge is -2.03. The topological polar surface area (TPSA) is 47.3 Å². The van der Waals surface area contributed by atoms with Gasteiger partial charge in [-0.25, -0.2) is 4.39 Å². The van der Waals surface area contributed by atoms with E-state index in [1.807, 2.05) is 6.92 Å². The molecule has 104 valence electrons. The zero-order valence-corrected chi connectivity index (χ0v) is 11.2. The van der Waals surface area contributed by atoms with Gasteiger partial charge < -0.3 is 4.42 Å². The van der Waals surface area contributed by atoms with E-state index < -0.39 is 17.0 Å². The number of aryl methyl sites for hydroxylation is 1. The van der Waals surface area contributed by atoms with Gasteiger partial charge >= 0.3 is 0 Å². The maximum atomic E-state index is 13.2. The highest BCUT2D eigenvalue weighted by atomic mass is 19.1. The van der Waals surface area contributed by atoms with E-state index in [0.29, 0.717) is 11.0 Å². The summed E-state index contributed by atoms with van der Waals surface area (Å²) in [4.78, 5) is 24.7. The predicted octanol–water partition coefficient (Wildman–Crippen LogP) is 3.47. The maximum Gasteiger partial charge on any atom is 0.203 e. The molecule has 3 nitrogen and oxygen atoms in total. The summed E-state index contributed by atoms with van der Waals surface area (Å²) >= 11 is 0. The number of benzene rings is 2. The van der Waals surface area contributed by atoms with Gasteiger partial charge in [0.15, 0.2) is 5.78 Å². The van der Waals surface area contributed by atoms with Crippen LogP contribution in [0.4, 0.5) is 4.39 Å². The van der Waals surface area contributed by atoms with Gasteiger partial charge in [-0.2, -0.15) is 0 Å². The van der Waals surface area contributed by atoms with Gasteiger partial charge in [0, 0.05) is 5.56 Å². The predicted molar refractivity (Wildman–Crippen MR) is 77.1 cm³/mol. The molecule has 0 fully saturated rings. The molecule has 0 aliphatic carbocycles. The summed E-state index contributed by atoms with van der Waals surface area (Å²) < 4.78 is 18.6. The summed E-state index contributed by atoms with van der Waals surface area (Å²) in [5, 5.41) is 0.336. The van der Waals surface area contributed by atoms with Gasteiger partial charge in [-0.3, -0.25) is 9.59 Å². The fourth-order valence-corrected chi connectivity index (χ4v) is 2.18. The number of rotatable bonds is 2. The van der Waals surface area contributed by atoms with Crippen LogP contribution < -0.4 is 5.43 Å². The van der Waals surface area contributed by atoms with E-state index in [1.54, 1.807) is 18.2 Å². The van der Waals surface area contributed by atoms with Crippen LogP contribution in [0.5, 0.6) is 0 Å². The van der Waals surface area contributed by atoms with Crippen molar-refractivity contribution in [3.05, 3.63) is 81.5 Å². The molecule has 0 radical (unpaired) electrons. The number of fused-ring (bicyclic) bond motifs is 1. The van der Waals surface area contributed by atoms with Crippen molar-refractivity contribution in [2.75, 3.05) is 0 Å². The first-order valence-electron chi connectivity index (χ1n) is 6.39. The monoisotopic (exact) mass is 282 g/mol. The number of ketones is 1. The molecule has 0 saturated carbocycles. The fraction of sp³-hybridized carbons (Fsp3) is 0.0588. The summed E-state index contributed by atoms with van der Waals surface area (Å²) in [5.74, 6) is -1.08. The Hall–Kier alpha value is -2.75. The van der Waals surface area contributed by atoms with Gasteiger partial charge in [0.1, 0.15) is 23.2 Å². The van der Waals surface area contributed by atoms with E-state index in [4.69, 9.17) is 4.42 Å². The third-order valence-electron chi connectivity index (χ3n) is 3.26. The van der Waals surface area contributed by atoms with E-state index in [1.165, 1.54) is 18.2 Å². The van der Waals surface area contributed by atoms with Gasteiger partial charge in [0.25, 0.3) is 0 Å². The molecule has 3 rings (SSSR count). The molecule has 0 N–H and O–H groups in total. The molecule has 0 amide bonds. The second-order valence-corrected chi connectivity index (χ2v) is 4.82. The molecule has 0 aliphatic heterocycles. The molecule has 0 atom stereocenters. The Morgan fingerprint density at radius 3 is 2.71 bits per heavy atom. The van der Waals surface area contributed by atoms with Crippen molar-refractivity contribution in [2.45, 2.75) is 6.92 Å². The van der Waals surface area contributed by atoms with Crippen molar-refractivity contribution in [2.24, 2.45) is 0 Å². The maximum absolute atomic E-state index is 13.2. The van der Waals surface area contributed by atoms with Crippen LogP contribution in [0.1, 0.15) is 21.5 Å². The first kappa shape index (κ1) is 13.2. The van der Waals surface area contributed by atoms with E-state index in [2.05, 4.69) is 0 Å². The molecule has 0 unspecified atom stereocenters. The largest absolute Gasteiger partial charge is 0.463 e. The highest BCUT2D eigenvalue weighted by Gasteiger charge is 2.16. The van der Waals surface area contributed by atoms with Crippen LogP contribution in [0.15, 0.2) is 57.9 Å². The Bertz CT molecular complexity index is 909.